The van der Waals surface area contributed by atoms with Crippen LogP contribution in [0.5, 0.6) is 0 Å². The molecule has 8 heteroatoms. The number of rotatable bonds is 6. The second-order valence-corrected chi connectivity index (χ2v) is 8.84. The second kappa shape index (κ2) is 9.09. The van der Waals surface area contributed by atoms with Gasteiger partial charge in [0.2, 0.25) is 5.91 Å². The summed E-state index contributed by atoms with van der Waals surface area (Å²) in [6.45, 7) is 8.97. The smallest absolute Gasteiger partial charge is 0.408 e. The molecule has 0 saturated carbocycles. The highest BCUT2D eigenvalue weighted by molar-refractivity contribution is 5.94. The van der Waals surface area contributed by atoms with Crippen molar-refractivity contribution in [2.75, 3.05) is 25.5 Å². The molecular weight excluding hydrogens is 394 g/mol. The van der Waals surface area contributed by atoms with Gasteiger partial charge < -0.3 is 14.9 Å². The van der Waals surface area contributed by atoms with Gasteiger partial charge in [0.15, 0.2) is 0 Å². The van der Waals surface area contributed by atoms with Gasteiger partial charge >= 0.3 is 6.09 Å². The molecule has 0 aliphatic carbocycles. The van der Waals surface area contributed by atoms with E-state index in [0.29, 0.717) is 6.42 Å². The monoisotopic (exact) mass is 427 g/mol. The minimum Gasteiger partial charge on any atom is -0.465 e. The van der Waals surface area contributed by atoms with Gasteiger partial charge in [-0.2, -0.15) is 5.10 Å². The molecule has 1 aromatic carbocycles. The number of aromatic nitrogens is 2. The topological polar surface area (TPSA) is 81.9 Å². The lowest BCUT2D eigenvalue weighted by atomic mass is 9.88. The lowest BCUT2D eigenvalue weighted by Gasteiger charge is -2.43. The first-order chi connectivity index (χ1) is 14.6. The van der Waals surface area contributed by atoms with Crippen LogP contribution < -0.4 is 4.90 Å². The molecule has 0 bridgehead atoms. The lowest BCUT2D eigenvalue weighted by Crippen LogP contribution is -2.48. The normalized spacial score (nSPS) is 18.4. The van der Waals surface area contributed by atoms with E-state index in [9.17, 15) is 14.7 Å². The number of amides is 2. The van der Waals surface area contributed by atoms with E-state index in [4.69, 9.17) is 0 Å². The Morgan fingerprint density at radius 3 is 2.55 bits per heavy atom. The number of hydrogen-bond acceptors (Lipinski definition) is 4. The fraction of sp³-hybridized carbons (Fsp3) is 0.522. The minimum absolute atomic E-state index is 0.0390. The van der Waals surface area contributed by atoms with Crippen molar-refractivity contribution in [1.29, 1.82) is 0 Å². The van der Waals surface area contributed by atoms with Crippen molar-refractivity contribution in [2.24, 2.45) is 0 Å². The molecule has 2 unspecified atom stereocenters. The molecule has 8 nitrogen and oxygen atoms in total. The van der Waals surface area contributed by atoms with Crippen LogP contribution in [0.2, 0.25) is 0 Å². The average molecular weight is 428 g/mol. The van der Waals surface area contributed by atoms with Crippen molar-refractivity contribution in [3.05, 3.63) is 36.2 Å². The second-order valence-electron chi connectivity index (χ2n) is 8.84. The van der Waals surface area contributed by atoms with E-state index in [2.05, 4.69) is 10.00 Å². The van der Waals surface area contributed by atoms with E-state index in [-0.39, 0.29) is 24.0 Å². The van der Waals surface area contributed by atoms with Crippen LogP contribution in [0.3, 0.4) is 0 Å². The summed E-state index contributed by atoms with van der Waals surface area (Å²) in [5.41, 5.74) is 3.58. The van der Waals surface area contributed by atoms with Crippen molar-refractivity contribution in [3.63, 3.8) is 0 Å². The van der Waals surface area contributed by atoms with Crippen LogP contribution in [0.25, 0.3) is 11.1 Å². The standard InChI is InChI=1S/C23H33N5O3/c1-15(2)27(23(30)31)22-11-16(3)28(17(4)29)21-8-7-18(12-20(21)22)19-13-24-26(14-19)10-9-25(5)6/h7-8,12-16,22H,9-11H2,1-6H3,(H,30,31). The van der Waals surface area contributed by atoms with Crippen LogP contribution in [0, 0.1) is 0 Å². The van der Waals surface area contributed by atoms with Gasteiger partial charge in [0.05, 0.1) is 18.8 Å². The fourth-order valence-electron chi connectivity index (χ4n) is 4.41. The molecule has 1 N–H and O–H groups in total. The first kappa shape index (κ1) is 22.8. The third kappa shape index (κ3) is 4.74. The van der Waals surface area contributed by atoms with E-state index in [1.807, 2.05) is 70.1 Å². The van der Waals surface area contributed by atoms with Crippen LogP contribution in [0.15, 0.2) is 30.6 Å². The molecule has 1 aromatic heterocycles. The summed E-state index contributed by atoms with van der Waals surface area (Å²) in [4.78, 5) is 29.8. The number of carbonyl (C=O) groups excluding carboxylic acids is 1. The molecule has 1 aliphatic heterocycles. The zero-order chi connectivity index (χ0) is 22.9. The van der Waals surface area contributed by atoms with E-state index in [1.165, 1.54) is 4.90 Å². The van der Waals surface area contributed by atoms with Gasteiger partial charge in [0.1, 0.15) is 0 Å². The van der Waals surface area contributed by atoms with Gasteiger partial charge in [-0.3, -0.25) is 14.4 Å². The minimum atomic E-state index is -0.948. The van der Waals surface area contributed by atoms with Crippen LogP contribution >= 0.6 is 0 Å². The first-order valence-electron chi connectivity index (χ1n) is 10.7. The number of anilines is 1. The summed E-state index contributed by atoms with van der Waals surface area (Å²) >= 11 is 0. The molecule has 0 radical (unpaired) electrons. The Morgan fingerprint density at radius 2 is 1.97 bits per heavy atom. The molecule has 2 amide bonds. The molecule has 2 atom stereocenters. The summed E-state index contributed by atoms with van der Waals surface area (Å²) < 4.78 is 1.91. The fourth-order valence-corrected chi connectivity index (χ4v) is 4.41. The summed E-state index contributed by atoms with van der Waals surface area (Å²) in [6, 6.07) is 5.36. The number of nitrogens with zero attached hydrogens (tertiary/aromatic N) is 5. The van der Waals surface area contributed by atoms with Crippen molar-refractivity contribution >= 4 is 17.7 Å². The lowest BCUT2D eigenvalue weighted by molar-refractivity contribution is -0.117. The highest BCUT2D eigenvalue weighted by Crippen LogP contribution is 2.43. The Hall–Kier alpha value is -2.87. The Balaban J connectivity index is 2.05. The quantitative estimate of drug-likeness (QED) is 0.760. The van der Waals surface area contributed by atoms with Crippen LogP contribution in [0.1, 0.15) is 45.7 Å². The van der Waals surface area contributed by atoms with Crippen LogP contribution in [-0.4, -0.2) is 69.4 Å². The number of carboxylic acid groups (broad SMARTS) is 1. The SMILES string of the molecule is CC(=O)N1c2ccc(-c3cnn(CCN(C)C)c3)cc2C(N(C(=O)O)C(C)C)CC1C. The maximum absolute atomic E-state index is 12.4. The summed E-state index contributed by atoms with van der Waals surface area (Å²) in [7, 11) is 4.05. The molecule has 168 valence electrons. The zero-order valence-corrected chi connectivity index (χ0v) is 19.2. The van der Waals surface area contributed by atoms with Crippen LogP contribution in [0.4, 0.5) is 10.5 Å². The Morgan fingerprint density at radius 1 is 1.26 bits per heavy atom. The maximum atomic E-state index is 12.4. The van der Waals surface area contributed by atoms with Crippen molar-refractivity contribution in [2.45, 2.75) is 58.8 Å². The highest BCUT2D eigenvalue weighted by Gasteiger charge is 2.38. The Kier molecular flexibility index (Phi) is 6.69. The van der Waals surface area contributed by atoms with E-state index >= 15 is 0 Å². The molecule has 0 spiro atoms. The molecule has 1 aliphatic rings. The summed E-state index contributed by atoms with van der Waals surface area (Å²) in [5.74, 6) is -0.0390. The molecular formula is C23H33N5O3. The molecule has 0 saturated heterocycles. The van der Waals surface area contributed by atoms with E-state index < -0.39 is 6.09 Å². The van der Waals surface area contributed by atoms with Gasteiger partial charge in [0, 0.05) is 43.0 Å². The third-order valence-corrected chi connectivity index (χ3v) is 5.85. The van der Waals surface area contributed by atoms with Crippen LogP contribution in [-0.2, 0) is 11.3 Å². The van der Waals surface area contributed by atoms with Gasteiger partial charge in [-0.05, 0) is 64.5 Å². The van der Waals surface area contributed by atoms with Crippen molar-refractivity contribution < 1.29 is 14.7 Å². The van der Waals surface area contributed by atoms with Crippen molar-refractivity contribution in [1.82, 2.24) is 19.6 Å². The van der Waals surface area contributed by atoms with Gasteiger partial charge in [0.25, 0.3) is 0 Å². The number of fused-ring (bicyclic) bond motifs is 1. The Labute approximate surface area is 184 Å². The molecule has 2 aromatic rings. The highest BCUT2D eigenvalue weighted by atomic mass is 16.4. The number of benzene rings is 1. The first-order valence-corrected chi connectivity index (χ1v) is 10.7. The maximum Gasteiger partial charge on any atom is 0.408 e. The van der Waals surface area contributed by atoms with Gasteiger partial charge in [-0.15, -0.1) is 0 Å². The summed E-state index contributed by atoms with van der Waals surface area (Å²) in [6.07, 6.45) is 3.45. The average Bonchev–Trinajstić information content (AvgIpc) is 3.14. The van der Waals surface area contributed by atoms with E-state index in [0.717, 1.165) is 35.5 Å². The number of carbonyl (C=O) groups is 2. The molecule has 2 heterocycles. The van der Waals surface area contributed by atoms with Gasteiger partial charge in [-0.1, -0.05) is 6.07 Å². The number of likely N-dealkylation sites (N-methyl/N-ethyl adjacent to an activating group) is 1. The summed E-state index contributed by atoms with van der Waals surface area (Å²) in [5, 5.41) is 14.4. The molecule has 3 rings (SSSR count). The third-order valence-electron chi connectivity index (χ3n) is 5.85. The number of hydrogen-bond donors (Lipinski definition) is 1. The van der Waals surface area contributed by atoms with E-state index in [1.54, 1.807) is 11.8 Å². The Bertz CT molecular complexity index is 952. The van der Waals surface area contributed by atoms with Gasteiger partial charge in [-0.25, -0.2) is 4.79 Å². The molecule has 0 fully saturated rings. The zero-order valence-electron chi connectivity index (χ0n) is 19.2. The largest absolute Gasteiger partial charge is 0.465 e. The predicted molar refractivity (Wildman–Crippen MR) is 121 cm³/mol. The predicted octanol–water partition coefficient (Wildman–Crippen LogP) is 3.69. The van der Waals surface area contributed by atoms with Crippen molar-refractivity contribution in [3.8, 4) is 11.1 Å². The molecule has 31 heavy (non-hydrogen) atoms.